The van der Waals surface area contributed by atoms with Crippen molar-refractivity contribution in [3.05, 3.63) is 10.8 Å². The van der Waals surface area contributed by atoms with Crippen LogP contribution in [0.25, 0.3) is 0 Å². The monoisotopic (exact) mass is 230 g/mol. The molecule has 2 heterocycles. The highest BCUT2D eigenvalue weighted by Crippen LogP contribution is 2.21. The second kappa shape index (κ2) is 3.06. The topological polar surface area (TPSA) is 41.9 Å². The highest BCUT2D eigenvalue weighted by Gasteiger charge is 2.17. The van der Waals surface area contributed by atoms with E-state index in [1.165, 1.54) is 0 Å². The average Bonchev–Trinajstić information content (AvgIpc) is 2.27. The standard InChI is InChI=1S/C7H11BrN4/c1-12-7(8)6(4-10-12)11-5-2-9-3-5/h4-5,9,11H,2-3H2,1H3. The molecule has 1 aromatic heterocycles. The molecule has 0 saturated carbocycles. The SMILES string of the molecule is Cn1ncc(NC2CNC2)c1Br. The molecule has 0 aliphatic carbocycles. The Bertz CT molecular complexity index is 279. The highest BCUT2D eigenvalue weighted by molar-refractivity contribution is 9.10. The predicted octanol–water partition coefficient (Wildman–Crippen LogP) is 0.566. The fraction of sp³-hybridized carbons (Fsp3) is 0.571. The molecule has 1 aliphatic heterocycles. The fourth-order valence-electron chi connectivity index (χ4n) is 1.13. The first kappa shape index (κ1) is 8.07. The van der Waals surface area contributed by atoms with Crippen LogP contribution in [0.3, 0.4) is 0 Å². The van der Waals surface area contributed by atoms with E-state index in [-0.39, 0.29) is 0 Å². The third-order valence-corrected chi connectivity index (χ3v) is 2.95. The lowest BCUT2D eigenvalue weighted by Gasteiger charge is -2.28. The Labute approximate surface area is 79.5 Å². The minimum absolute atomic E-state index is 0.561. The van der Waals surface area contributed by atoms with Gasteiger partial charge in [-0.3, -0.25) is 4.68 Å². The first-order chi connectivity index (χ1) is 5.77. The molecule has 1 fully saturated rings. The molecular formula is C7H11BrN4. The molecular weight excluding hydrogens is 220 g/mol. The lowest BCUT2D eigenvalue weighted by atomic mass is 10.2. The molecule has 0 spiro atoms. The summed E-state index contributed by atoms with van der Waals surface area (Å²) in [6, 6.07) is 0.561. The average molecular weight is 231 g/mol. The van der Waals surface area contributed by atoms with Gasteiger partial charge in [0.1, 0.15) is 4.60 Å². The molecule has 2 rings (SSSR count). The summed E-state index contributed by atoms with van der Waals surface area (Å²) in [4.78, 5) is 0. The molecule has 1 saturated heterocycles. The van der Waals surface area contributed by atoms with Crippen LogP contribution in [0.15, 0.2) is 10.8 Å². The van der Waals surface area contributed by atoms with Gasteiger partial charge in [-0.2, -0.15) is 5.10 Å². The molecule has 12 heavy (non-hydrogen) atoms. The van der Waals surface area contributed by atoms with Crippen LogP contribution in [0, 0.1) is 0 Å². The van der Waals surface area contributed by atoms with Gasteiger partial charge in [0.05, 0.1) is 17.9 Å². The van der Waals surface area contributed by atoms with Crippen LogP contribution >= 0.6 is 15.9 Å². The Morgan fingerprint density at radius 2 is 2.50 bits per heavy atom. The Kier molecular flexibility index (Phi) is 2.06. The smallest absolute Gasteiger partial charge is 0.126 e. The summed E-state index contributed by atoms with van der Waals surface area (Å²) in [5, 5.41) is 10.7. The molecule has 0 amide bonds. The van der Waals surface area contributed by atoms with Crippen molar-refractivity contribution in [1.82, 2.24) is 15.1 Å². The lowest BCUT2D eigenvalue weighted by molar-refractivity contribution is 0.472. The van der Waals surface area contributed by atoms with Crippen molar-refractivity contribution in [3.63, 3.8) is 0 Å². The van der Waals surface area contributed by atoms with Crippen LogP contribution in [-0.4, -0.2) is 28.9 Å². The van der Waals surface area contributed by atoms with Gasteiger partial charge < -0.3 is 10.6 Å². The van der Waals surface area contributed by atoms with Crippen molar-refractivity contribution in [1.29, 1.82) is 0 Å². The van der Waals surface area contributed by atoms with E-state index in [9.17, 15) is 0 Å². The van der Waals surface area contributed by atoms with Crippen molar-refractivity contribution in [3.8, 4) is 0 Å². The van der Waals surface area contributed by atoms with Gasteiger partial charge in [0.25, 0.3) is 0 Å². The number of hydrogen-bond acceptors (Lipinski definition) is 3. The number of rotatable bonds is 2. The molecule has 0 aromatic carbocycles. The summed E-state index contributed by atoms with van der Waals surface area (Å²) >= 11 is 3.45. The quantitative estimate of drug-likeness (QED) is 0.781. The Morgan fingerprint density at radius 3 is 2.92 bits per heavy atom. The Balaban J connectivity index is 2.06. The van der Waals surface area contributed by atoms with Gasteiger partial charge in [0.2, 0.25) is 0 Å². The van der Waals surface area contributed by atoms with Gasteiger partial charge in [0.15, 0.2) is 0 Å². The van der Waals surface area contributed by atoms with Crippen LogP contribution in [0.5, 0.6) is 0 Å². The van der Waals surface area contributed by atoms with E-state index in [4.69, 9.17) is 0 Å². The van der Waals surface area contributed by atoms with Gasteiger partial charge in [0, 0.05) is 20.1 Å². The maximum atomic E-state index is 4.11. The van der Waals surface area contributed by atoms with Crippen molar-refractivity contribution >= 4 is 21.6 Å². The van der Waals surface area contributed by atoms with Crippen LogP contribution < -0.4 is 10.6 Å². The zero-order valence-electron chi connectivity index (χ0n) is 6.84. The van der Waals surface area contributed by atoms with Gasteiger partial charge in [-0.05, 0) is 15.9 Å². The van der Waals surface area contributed by atoms with E-state index in [1.54, 1.807) is 4.68 Å². The van der Waals surface area contributed by atoms with E-state index in [0.717, 1.165) is 23.4 Å². The number of aryl methyl sites for hydroxylation is 1. The molecule has 1 aliphatic rings. The molecule has 0 unspecified atom stereocenters. The zero-order valence-corrected chi connectivity index (χ0v) is 8.43. The first-order valence-corrected chi connectivity index (χ1v) is 4.71. The number of hydrogen-bond donors (Lipinski definition) is 2. The maximum absolute atomic E-state index is 4.11. The van der Waals surface area contributed by atoms with Gasteiger partial charge in [-0.15, -0.1) is 0 Å². The van der Waals surface area contributed by atoms with Crippen LogP contribution in [0.4, 0.5) is 5.69 Å². The largest absolute Gasteiger partial charge is 0.376 e. The van der Waals surface area contributed by atoms with Crippen molar-refractivity contribution in [2.75, 3.05) is 18.4 Å². The summed E-state index contributed by atoms with van der Waals surface area (Å²) < 4.78 is 2.81. The van der Waals surface area contributed by atoms with Crippen molar-refractivity contribution in [2.24, 2.45) is 7.05 Å². The van der Waals surface area contributed by atoms with Crippen LogP contribution in [0.1, 0.15) is 0 Å². The molecule has 4 nitrogen and oxygen atoms in total. The van der Waals surface area contributed by atoms with Gasteiger partial charge >= 0.3 is 0 Å². The summed E-state index contributed by atoms with van der Waals surface area (Å²) in [5.74, 6) is 0. The number of nitrogens with one attached hydrogen (secondary N) is 2. The Morgan fingerprint density at radius 1 is 1.75 bits per heavy atom. The summed E-state index contributed by atoms with van der Waals surface area (Å²) in [6.45, 7) is 2.09. The number of nitrogens with zero attached hydrogens (tertiary/aromatic N) is 2. The lowest BCUT2D eigenvalue weighted by Crippen LogP contribution is -2.51. The van der Waals surface area contributed by atoms with Gasteiger partial charge in [-0.25, -0.2) is 0 Å². The number of halogens is 1. The fourth-order valence-corrected chi connectivity index (χ4v) is 1.44. The van der Waals surface area contributed by atoms with E-state index in [0.29, 0.717) is 6.04 Å². The molecule has 0 radical (unpaired) electrons. The van der Waals surface area contributed by atoms with Crippen LogP contribution in [-0.2, 0) is 7.05 Å². The zero-order chi connectivity index (χ0) is 8.55. The highest BCUT2D eigenvalue weighted by atomic mass is 79.9. The van der Waals surface area contributed by atoms with E-state index in [1.807, 2.05) is 13.2 Å². The molecule has 2 N–H and O–H groups in total. The molecule has 1 aromatic rings. The Hall–Kier alpha value is -0.550. The molecule has 0 atom stereocenters. The minimum Gasteiger partial charge on any atom is -0.376 e. The third kappa shape index (κ3) is 1.34. The number of aromatic nitrogens is 2. The molecule has 0 bridgehead atoms. The molecule has 5 heteroatoms. The minimum atomic E-state index is 0.561. The van der Waals surface area contributed by atoms with E-state index in [2.05, 4.69) is 31.7 Å². The second-order valence-corrected chi connectivity index (χ2v) is 3.72. The van der Waals surface area contributed by atoms with E-state index >= 15 is 0 Å². The second-order valence-electron chi connectivity index (χ2n) is 2.97. The first-order valence-electron chi connectivity index (χ1n) is 3.92. The van der Waals surface area contributed by atoms with Crippen molar-refractivity contribution < 1.29 is 0 Å². The normalized spacial score (nSPS) is 17.5. The summed E-state index contributed by atoms with van der Waals surface area (Å²) in [6.07, 6.45) is 1.84. The van der Waals surface area contributed by atoms with Crippen molar-refractivity contribution in [2.45, 2.75) is 6.04 Å². The van der Waals surface area contributed by atoms with Crippen LogP contribution in [0.2, 0.25) is 0 Å². The van der Waals surface area contributed by atoms with E-state index < -0.39 is 0 Å². The molecule has 66 valence electrons. The number of anilines is 1. The summed E-state index contributed by atoms with van der Waals surface area (Å²) in [7, 11) is 1.91. The third-order valence-electron chi connectivity index (χ3n) is 2.01. The maximum Gasteiger partial charge on any atom is 0.126 e. The summed E-state index contributed by atoms with van der Waals surface area (Å²) in [5.41, 5.74) is 1.07. The van der Waals surface area contributed by atoms with Gasteiger partial charge in [-0.1, -0.05) is 0 Å². The predicted molar refractivity (Wildman–Crippen MR) is 51.2 cm³/mol.